The standard InChI is InChI=1S/C27H40N2O2/c1-6-23-12-16-25(17-13-23)27(30)29(22(5)11-10-20-28(7-2)8-3)21-24-14-18-26(19-15-24)31-9-4/h12-19,22H,6-11,20-21H2,1-5H3/p+1/t22-/m1/s1. The molecule has 0 aliphatic heterocycles. The van der Waals surface area contributed by atoms with Gasteiger partial charge < -0.3 is 14.5 Å². The van der Waals surface area contributed by atoms with Crippen LogP contribution in [-0.2, 0) is 13.0 Å². The van der Waals surface area contributed by atoms with Gasteiger partial charge in [0.2, 0.25) is 0 Å². The highest BCUT2D eigenvalue weighted by atomic mass is 16.5. The lowest BCUT2D eigenvalue weighted by Crippen LogP contribution is -3.11. The van der Waals surface area contributed by atoms with Gasteiger partial charge in [0.25, 0.3) is 5.91 Å². The SMILES string of the molecule is CCOc1ccc(CN(C(=O)c2ccc(CC)cc2)[C@H](C)CCC[NH+](CC)CC)cc1. The number of carbonyl (C=O) groups is 1. The van der Waals surface area contributed by atoms with Gasteiger partial charge in [0.05, 0.1) is 26.2 Å². The molecule has 0 unspecified atom stereocenters. The minimum Gasteiger partial charge on any atom is -0.494 e. The normalized spacial score (nSPS) is 12.1. The summed E-state index contributed by atoms with van der Waals surface area (Å²) in [7, 11) is 0. The molecule has 0 bridgehead atoms. The fourth-order valence-electron chi connectivity index (χ4n) is 3.94. The Hall–Kier alpha value is -2.33. The molecule has 31 heavy (non-hydrogen) atoms. The first-order valence-electron chi connectivity index (χ1n) is 12.0. The largest absolute Gasteiger partial charge is 0.494 e. The van der Waals surface area contributed by atoms with E-state index in [9.17, 15) is 4.79 Å². The van der Waals surface area contributed by atoms with Crippen LogP contribution in [0, 0.1) is 0 Å². The maximum absolute atomic E-state index is 13.5. The molecule has 2 aromatic carbocycles. The minimum absolute atomic E-state index is 0.110. The predicted octanol–water partition coefficient (Wildman–Crippen LogP) is 4.38. The number of quaternary nitrogens is 1. The second-order valence-electron chi connectivity index (χ2n) is 8.26. The van der Waals surface area contributed by atoms with Crippen LogP contribution in [-0.4, -0.2) is 43.1 Å². The van der Waals surface area contributed by atoms with E-state index < -0.39 is 0 Å². The van der Waals surface area contributed by atoms with E-state index in [2.05, 4.69) is 52.0 Å². The molecule has 1 N–H and O–H groups in total. The molecule has 0 fully saturated rings. The molecule has 0 radical (unpaired) electrons. The van der Waals surface area contributed by atoms with E-state index in [0.29, 0.717) is 13.2 Å². The van der Waals surface area contributed by atoms with Gasteiger partial charge in [-0.25, -0.2) is 0 Å². The quantitative estimate of drug-likeness (QED) is 0.517. The van der Waals surface area contributed by atoms with E-state index in [-0.39, 0.29) is 11.9 Å². The first-order valence-corrected chi connectivity index (χ1v) is 12.0. The van der Waals surface area contributed by atoms with Gasteiger partial charge in [-0.1, -0.05) is 31.2 Å². The Bertz CT molecular complexity index is 767. The summed E-state index contributed by atoms with van der Waals surface area (Å²) < 4.78 is 5.57. The Morgan fingerprint density at radius 1 is 0.935 bits per heavy atom. The van der Waals surface area contributed by atoms with E-state index in [0.717, 1.165) is 55.8 Å². The van der Waals surface area contributed by atoms with Crippen LogP contribution in [0.5, 0.6) is 5.75 Å². The summed E-state index contributed by atoms with van der Waals surface area (Å²) in [6.07, 6.45) is 3.12. The van der Waals surface area contributed by atoms with E-state index >= 15 is 0 Å². The van der Waals surface area contributed by atoms with Crippen molar-refractivity contribution in [3.63, 3.8) is 0 Å². The molecular formula is C27H41N2O2+. The molecule has 2 rings (SSSR count). The van der Waals surface area contributed by atoms with Gasteiger partial charge in [-0.2, -0.15) is 0 Å². The van der Waals surface area contributed by atoms with Crippen LogP contribution in [0.3, 0.4) is 0 Å². The monoisotopic (exact) mass is 425 g/mol. The summed E-state index contributed by atoms with van der Waals surface area (Å²) in [6, 6.07) is 16.4. The van der Waals surface area contributed by atoms with Gasteiger partial charge in [-0.3, -0.25) is 4.79 Å². The van der Waals surface area contributed by atoms with Crippen LogP contribution < -0.4 is 9.64 Å². The van der Waals surface area contributed by atoms with Crippen molar-refractivity contribution in [2.24, 2.45) is 0 Å². The van der Waals surface area contributed by atoms with Crippen molar-refractivity contribution in [2.45, 2.75) is 66.5 Å². The highest BCUT2D eigenvalue weighted by Gasteiger charge is 2.22. The molecular weight excluding hydrogens is 384 g/mol. The van der Waals surface area contributed by atoms with Gasteiger partial charge in [-0.05, 0) is 82.3 Å². The van der Waals surface area contributed by atoms with E-state index in [1.807, 2.05) is 36.1 Å². The van der Waals surface area contributed by atoms with E-state index in [4.69, 9.17) is 4.74 Å². The van der Waals surface area contributed by atoms with Crippen molar-refractivity contribution in [1.82, 2.24) is 4.90 Å². The van der Waals surface area contributed by atoms with Crippen molar-refractivity contribution in [3.8, 4) is 5.75 Å². The minimum atomic E-state index is 0.110. The third-order valence-corrected chi connectivity index (χ3v) is 6.14. The summed E-state index contributed by atoms with van der Waals surface area (Å²) >= 11 is 0. The fourth-order valence-corrected chi connectivity index (χ4v) is 3.94. The van der Waals surface area contributed by atoms with Crippen molar-refractivity contribution in [3.05, 3.63) is 65.2 Å². The second kappa shape index (κ2) is 13.2. The molecule has 0 saturated heterocycles. The van der Waals surface area contributed by atoms with Crippen LogP contribution in [0.1, 0.15) is 68.9 Å². The molecule has 0 aliphatic rings. The maximum Gasteiger partial charge on any atom is 0.254 e. The summed E-state index contributed by atoms with van der Waals surface area (Å²) in [5.74, 6) is 0.980. The van der Waals surface area contributed by atoms with Crippen LogP contribution in [0.4, 0.5) is 0 Å². The van der Waals surface area contributed by atoms with Gasteiger partial charge in [0, 0.05) is 18.2 Å². The molecule has 1 amide bonds. The first kappa shape index (κ1) is 24.9. The van der Waals surface area contributed by atoms with E-state index in [1.165, 1.54) is 5.56 Å². The number of nitrogens with zero attached hydrogens (tertiary/aromatic N) is 1. The van der Waals surface area contributed by atoms with Crippen molar-refractivity contribution in [2.75, 3.05) is 26.2 Å². The summed E-state index contributed by atoms with van der Waals surface area (Å²) in [4.78, 5) is 17.1. The Morgan fingerprint density at radius 3 is 2.10 bits per heavy atom. The van der Waals surface area contributed by atoms with Gasteiger partial charge in [-0.15, -0.1) is 0 Å². The Labute approximate surface area is 189 Å². The van der Waals surface area contributed by atoms with Crippen molar-refractivity contribution in [1.29, 1.82) is 0 Å². The molecule has 4 nitrogen and oxygen atoms in total. The predicted molar refractivity (Wildman–Crippen MR) is 129 cm³/mol. The maximum atomic E-state index is 13.5. The van der Waals surface area contributed by atoms with Crippen molar-refractivity contribution >= 4 is 5.91 Å². The average molecular weight is 426 g/mol. The number of carbonyl (C=O) groups excluding carboxylic acids is 1. The van der Waals surface area contributed by atoms with Gasteiger partial charge in [0.15, 0.2) is 0 Å². The lowest BCUT2D eigenvalue weighted by Gasteiger charge is -2.30. The van der Waals surface area contributed by atoms with Crippen LogP contribution in [0.2, 0.25) is 0 Å². The number of amides is 1. The third-order valence-electron chi connectivity index (χ3n) is 6.14. The van der Waals surface area contributed by atoms with Crippen LogP contribution in [0.15, 0.2) is 48.5 Å². The lowest BCUT2D eigenvalue weighted by molar-refractivity contribution is -0.896. The molecule has 0 saturated carbocycles. The van der Waals surface area contributed by atoms with Crippen LogP contribution >= 0.6 is 0 Å². The smallest absolute Gasteiger partial charge is 0.254 e. The summed E-state index contributed by atoms with van der Waals surface area (Å²) in [6.45, 7) is 15.5. The van der Waals surface area contributed by atoms with E-state index in [1.54, 1.807) is 4.90 Å². The Morgan fingerprint density at radius 2 is 1.55 bits per heavy atom. The number of hydrogen-bond acceptors (Lipinski definition) is 2. The highest BCUT2D eigenvalue weighted by molar-refractivity contribution is 5.94. The summed E-state index contributed by atoms with van der Waals surface area (Å²) in [5.41, 5.74) is 3.15. The van der Waals surface area contributed by atoms with Crippen molar-refractivity contribution < 1.29 is 14.4 Å². The number of hydrogen-bond donors (Lipinski definition) is 1. The number of rotatable bonds is 13. The molecule has 0 aromatic heterocycles. The first-order chi connectivity index (χ1) is 15.0. The lowest BCUT2D eigenvalue weighted by atomic mass is 10.0. The molecule has 1 atom stereocenters. The van der Waals surface area contributed by atoms with Crippen LogP contribution in [0.25, 0.3) is 0 Å². The second-order valence-corrected chi connectivity index (χ2v) is 8.26. The molecule has 0 spiro atoms. The fraction of sp³-hybridized carbons (Fsp3) is 0.519. The molecule has 0 heterocycles. The molecule has 0 aliphatic carbocycles. The Kier molecular flexibility index (Phi) is 10.6. The number of nitrogens with one attached hydrogen (secondary N) is 1. The highest BCUT2D eigenvalue weighted by Crippen LogP contribution is 2.19. The number of ether oxygens (including phenoxy) is 1. The zero-order valence-corrected chi connectivity index (χ0v) is 20.1. The van der Waals surface area contributed by atoms with Gasteiger partial charge >= 0.3 is 0 Å². The zero-order chi connectivity index (χ0) is 22.6. The molecule has 4 heteroatoms. The third kappa shape index (κ3) is 7.70. The number of aryl methyl sites for hydroxylation is 1. The molecule has 170 valence electrons. The topological polar surface area (TPSA) is 34.0 Å². The zero-order valence-electron chi connectivity index (χ0n) is 20.1. The summed E-state index contributed by atoms with van der Waals surface area (Å²) in [5, 5.41) is 0. The molecule has 2 aromatic rings. The van der Waals surface area contributed by atoms with Gasteiger partial charge in [0.1, 0.15) is 5.75 Å². The number of benzene rings is 2. The average Bonchev–Trinajstić information content (AvgIpc) is 2.81. The Balaban J connectivity index is 2.15.